The Morgan fingerprint density at radius 3 is 2.65 bits per heavy atom. The summed E-state index contributed by atoms with van der Waals surface area (Å²) in [6, 6.07) is 1.66. The van der Waals surface area contributed by atoms with E-state index in [0.717, 1.165) is 0 Å². The lowest BCUT2D eigenvalue weighted by atomic mass is 10.0. The molecule has 0 saturated carbocycles. The fourth-order valence-corrected chi connectivity index (χ4v) is 1.59. The fraction of sp³-hybridized carbons (Fsp3) is 0.400. The van der Waals surface area contributed by atoms with E-state index in [4.69, 9.17) is 5.11 Å². The number of anilines is 1. The van der Waals surface area contributed by atoms with Crippen LogP contribution in [0.5, 0.6) is 0 Å². The van der Waals surface area contributed by atoms with Crippen LogP contribution < -0.4 is 5.32 Å². The van der Waals surface area contributed by atoms with Gasteiger partial charge in [0.1, 0.15) is 0 Å². The average Bonchev–Trinajstić information content (AvgIpc) is 2.23. The molecule has 1 fully saturated rings. The maximum Gasteiger partial charge on any atom is 0.309 e. The van der Waals surface area contributed by atoms with Crippen LogP contribution >= 0.6 is 0 Å². The molecule has 1 aromatic rings. The molecule has 0 bridgehead atoms. The van der Waals surface area contributed by atoms with Gasteiger partial charge in [0.05, 0.1) is 12.5 Å². The minimum Gasteiger partial charge on any atom is -0.481 e. The lowest BCUT2D eigenvalue weighted by Gasteiger charge is -2.35. The summed E-state index contributed by atoms with van der Waals surface area (Å²) in [5.41, 5.74) is 0. The van der Waals surface area contributed by atoms with Gasteiger partial charge in [0.15, 0.2) is 0 Å². The summed E-state index contributed by atoms with van der Waals surface area (Å²) < 4.78 is 0. The van der Waals surface area contributed by atoms with Gasteiger partial charge in [0, 0.05) is 25.5 Å². The van der Waals surface area contributed by atoms with Gasteiger partial charge in [0.25, 0.3) is 0 Å². The van der Waals surface area contributed by atoms with Gasteiger partial charge in [-0.1, -0.05) is 0 Å². The summed E-state index contributed by atoms with van der Waals surface area (Å²) in [5.74, 6) is -1.14. The highest BCUT2D eigenvalue weighted by Crippen LogP contribution is 2.14. The van der Waals surface area contributed by atoms with Crippen molar-refractivity contribution in [3.63, 3.8) is 0 Å². The molecular formula is C10H12N4O3. The molecule has 0 radical (unpaired) electrons. The van der Waals surface area contributed by atoms with E-state index >= 15 is 0 Å². The molecule has 7 nitrogen and oxygen atoms in total. The SMILES string of the molecule is O=C(CN1CC(C(=O)O)C1)Nc1ncccn1. The third-order valence-corrected chi connectivity index (χ3v) is 2.49. The van der Waals surface area contributed by atoms with E-state index in [1.165, 1.54) is 12.4 Å². The highest BCUT2D eigenvalue weighted by Gasteiger charge is 2.33. The standard InChI is InChI=1S/C10H12N4O3/c15-8(13-10-11-2-1-3-12-10)6-14-4-7(5-14)9(16)17/h1-3,7H,4-6H2,(H,16,17)(H,11,12,13,15). The van der Waals surface area contributed by atoms with Crippen LogP contribution in [0, 0.1) is 5.92 Å². The van der Waals surface area contributed by atoms with Crippen LogP contribution in [0.25, 0.3) is 0 Å². The second-order valence-electron chi connectivity index (χ2n) is 3.85. The summed E-state index contributed by atoms with van der Waals surface area (Å²) >= 11 is 0. The van der Waals surface area contributed by atoms with Crippen LogP contribution in [0.3, 0.4) is 0 Å². The molecule has 1 aliphatic heterocycles. The van der Waals surface area contributed by atoms with Gasteiger partial charge in [-0.3, -0.25) is 19.8 Å². The number of aliphatic carboxylic acids is 1. The Bertz CT molecular complexity index is 417. The van der Waals surface area contributed by atoms with Crippen molar-refractivity contribution < 1.29 is 14.7 Å². The van der Waals surface area contributed by atoms with E-state index in [-0.39, 0.29) is 24.3 Å². The minimum atomic E-state index is -0.812. The normalized spacial score (nSPS) is 16.2. The van der Waals surface area contributed by atoms with Gasteiger partial charge in [-0.25, -0.2) is 9.97 Å². The second kappa shape index (κ2) is 4.88. The monoisotopic (exact) mass is 236 g/mol. The van der Waals surface area contributed by atoms with Crippen LogP contribution in [0.2, 0.25) is 0 Å². The molecule has 0 unspecified atom stereocenters. The summed E-state index contributed by atoms with van der Waals surface area (Å²) in [4.78, 5) is 31.5. The van der Waals surface area contributed by atoms with Gasteiger partial charge in [-0.2, -0.15) is 0 Å². The highest BCUT2D eigenvalue weighted by molar-refractivity contribution is 5.90. The maximum atomic E-state index is 11.5. The van der Waals surface area contributed by atoms with E-state index < -0.39 is 5.97 Å². The zero-order valence-corrected chi connectivity index (χ0v) is 9.04. The number of likely N-dealkylation sites (tertiary alicyclic amines) is 1. The molecule has 17 heavy (non-hydrogen) atoms. The molecule has 2 N–H and O–H groups in total. The van der Waals surface area contributed by atoms with Crippen LogP contribution in [-0.2, 0) is 9.59 Å². The second-order valence-corrected chi connectivity index (χ2v) is 3.85. The molecule has 2 rings (SSSR count). The maximum absolute atomic E-state index is 11.5. The number of carboxylic acid groups (broad SMARTS) is 1. The van der Waals surface area contributed by atoms with Gasteiger partial charge < -0.3 is 5.11 Å². The lowest BCUT2D eigenvalue weighted by Crippen LogP contribution is -2.52. The number of amides is 1. The van der Waals surface area contributed by atoms with E-state index in [0.29, 0.717) is 13.1 Å². The van der Waals surface area contributed by atoms with Crippen LogP contribution in [0.1, 0.15) is 0 Å². The first kappa shape index (κ1) is 11.5. The molecule has 7 heteroatoms. The summed E-state index contributed by atoms with van der Waals surface area (Å²) in [6.45, 7) is 0.999. The molecular weight excluding hydrogens is 224 g/mol. The molecule has 1 amide bonds. The topological polar surface area (TPSA) is 95.4 Å². The molecule has 0 aliphatic carbocycles. The number of carbonyl (C=O) groups excluding carboxylic acids is 1. The molecule has 0 spiro atoms. The first-order chi connectivity index (χ1) is 8.15. The first-order valence-electron chi connectivity index (χ1n) is 5.17. The van der Waals surface area contributed by atoms with Crippen molar-refractivity contribution in [3.8, 4) is 0 Å². The van der Waals surface area contributed by atoms with Crippen molar-refractivity contribution >= 4 is 17.8 Å². The zero-order valence-electron chi connectivity index (χ0n) is 9.04. The average molecular weight is 236 g/mol. The zero-order chi connectivity index (χ0) is 12.3. The summed E-state index contributed by atoms with van der Waals surface area (Å²) in [5, 5.41) is 11.2. The van der Waals surface area contributed by atoms with E-state index in [1.807, 2.05) is 0 Å². The predicted octanol–water partition coefficient (Wildman–Crippen LogP) is -0.568. The summed E-state index contributed by atoms with van der Waals surface area (Å²) in [7, 11) is 0. The molecule has 90 valence electrons. The number of carbonyl (C=O) groups is 2. The van der Waals surface area contributed by atoms with Gasteiger partial charge in [-0.05, 0) is 6.07 Å². The number of nitrogens with zero attached hydrogens (tertiary/aromatic N) is 3. The van der Waals surface area contributed by atoms with Gasteiger partial charge >= 0.3 is 5.97 Å². The van der Waals surface area contributed by atoms with Crippen molar-refractivity contribution in [2.75, 3.05) is 25.0 Å². The minimum absolute atomic E-state index is 0.169. The van der Waals surface area contributed by atoms with Gasteiger partial charge in [0.2, 0.25) is 11.9 Å². The van der Waals surface area contributed by atoms with Crippen molar-refractivity contribution in [2.45, 2.75) is 0 Å². The number of nitrogens with one attached hydrogen (secondary N) is 1. The quantitative estimate of drug-likeness (QED) is 0.727. The number of rotatable bonds is 4. The van der Waals surface area contributed by atoms with Crippen LogP contribution in [0.4, 0.5) is 5.95 Å². The molecule has 2 heterocycles. The third kappa shape index (κ3) is 2.97. The van der Waals surface area contributed by atoms with Gasteiger partial charge in [-0.15, -0.1) is 0 Å². The largest absolute Gasteiger partial charge is 0.481 e. The van der Waals surface area contributed by atoms with Crippen molar-refractivity contribution in [1.82, 2.24) is 14.9 Å². The Balaban J connectivity index is 1.74. The van der Waals surface area contributed by atoms with E-state index in [9.17, 15) is 9.59 Å². The van der Waals surface area contributed by atoms with Crippen LogP contribution in [-0.4, -0.2) is 51.5 Å². The summed E-state index contributed by atoms with van der Waals surface area (Å²) in [6.07, 6.45) is 3.07. The third-order valence-electron chi connectivity index (χ3n) is 2.49. The lowest BCUT2D eigenvalue weighted by molar-refractivity contribution is -0.148. The highest BCUT2D eigenvalue weighted by atomic mass is 16.4. The number of carboxylic acids is 1. The Morgan fingerprint density at radius 1 is 1.41 bits per heavy atom. The van der Waals surface area contributed by atoms with Crippen molar-refractivity contribution in [2.24, 2.45) is 5.92 Å². The Hall–Kier alpha value is -2.02. The van der Waals surface area contributed by atoms with Crippen molar-refractivity contribution in [3.05, 3.63) is 18.5 Å². The number of hydrogen-bond acceptors (Lipinski definition) is 5. The van der Waals surface area contributed by atoms with E-state index in [1.54, 1.807) is 11.0 Å². The Labute approximate surface area is 97.5 Å². The Kier molecular flexibility index (Phi) is 3.29. The smallest absolute Gasteiger partial charge is 0.309 e. The number of hydrogen-bond donors (Lipinski definition) is 2. The van der Waals surface area contributed by atoms with Crippen LogP contribution in [0.15, 0.2) is 18.5 Å². The Morgan fingerprint density at radius 2 is 2.06 bits per heavy atom. The van der Waals surface area contributed by atoms with Crippen molar-refractivity contribution in [1.29, 1.82) is 0 Å². The molecule has 1 aliphatic rings. The molecule has 1 saturated heterocycles. The molecule has 0 atom stereocenters. The molecule has 1 aromatic heterocycles. The number of aromatic nitrogens is 2. The molecule has 0 aromatic carbocycles. The fourth-order valence-electron chi connectivity index (χ4n) is 1.59. The first-order valence-corrected chi connectivity index (χ1v) is 5.17. The predicted molar refractivity (Wildman–Crippen MR) is 58.2 cm³/mol. The van der Waals surface area contributed by atoms with E-state index in [2.05, 4.69) is 15.3 Å².